The number of aromatic nitrogens is 2. The van der Waals surface area contributed by atoms with E-state index in [9.17, 15) is 4.79 Å². The first kappa shape index (κ1) is 11.2. The van der Waals surface area contributed by atoms with Crippen LogP contribution in [0, 0.1) is 6.92 Å². The van der Waals surface area contributed by atoms with Gasteiger partial charge >= 0.3 is 5.97 Å². The molecule has 0 saturated heterocycles. The summed E-state index contributed by atoms with van der Waals surface area (Å²) in [5, 5.41) is 4.21. The second-order valence-electron chi connectivity index (χ2n) is 3.28. The van der Waals surface area contributed by atoms with E-state index in [4.69, 9.17) is 0 Å². The van der Waals surface area contributed by atoms with E-state index in [1.54, 1.807) is 4.68 Å². The third-order valence-electron chi connectivity index (χ3n) is 1.99. The fraction of sp³-hybridized carbons (Fsp3) is 0.556. The van der Waals surface area contributed by atoms with Crippen molar-refractivity contribution in [2.45, 2.75) is 26.8 Å². The van der Waals surface area contributed by atoms with E-state index in [1.807, 2.05) is 20.8 Å². The van der Waals surface area contributed by atoms with Gasteiger partial charge in [-0.1, -0.05) is 0 Å². The van der Waals surface area contributed by atoms with Gasteiger partial charge in [-0.05, 0) is 36.7 Å². The van der Waals surface area contributed by atoms with Crippen LogP contribution in [0.5, 0.6) is 0 Å². The van der Waals surface area contributed by atoms with Crippen LogP contribution in [-0.4, -0.2) is 22.9 Å². The van der Waals surface area contributed by atoms with E-state index in [-0.39, 0.29) is 12.0 Å². The van der Waals surface area contributed by atoms with Crippen molar-refractivity contribution >= 4 is 21.9 Å². The van der Waals surface area contributed by atoms with Gasteiger partial charge in [0, 0.05) is 6.04 Å². The molecule has 1 heterocycles. The molecular weight excluding hydrogens is 248 g/mol. The molecule has 0 unspecified atom stereocenters. The second kappa shape index (κ2) is 4.13. The zero-order chi connectivity index (χ0) is 10.9. The number of ether oxygens (including phenoxy) is 1. The number of hydrogen-bond acceptors (Lipinski definition) is 3. The topological polar surface area (TPSA) is 44.1 Å². The molecule has 0 fully saturated rings. The lowest BCUT2D eigenvalue weighted by atomic mass is 10.2. The summed E-state index contributed by atoms with van der Waals surface area (Å²) in [4.78, 5) is 11.4. The Balaban J connectivity index is 3.24. The predicted octanol–water partition coefficient (Wildman–Crippen LogP) is 2.32. The minimum atomic E-state index is -0.360. The van der Waals surface area contributed by atoms with Crippen LogP contribution in [0.2, 0.25) is 0 Å². The molecule has 1 aromatic heterocycles. The van der Waals surface area contributed by atoms with Gasteiger partial charge in [-0.2, -0.15) is 5.10 Å². The SMILES string of the molecule is COC(=O)c1c(Br)nn(C(C)C)c1C. The highest BCUT2D eigenvalue weighted by Crippen LogP contribution is 2.22. The Morgan fingerprint density at radius 1 is 1.57 bits per heavy atom. The van der Waals surface area contributed by atoms with Crippen LogP contribution < -0.4 is 0 Å². The lowest BCUT2D eigenvalue weighted by Crippen LogP contribution is -2.07. The number of carbonyl (C=O) groups is 1. The number of nitrogens with zero attached hydrogens (tertiary/aromatic N) is 2. The number of rotatable bonds is 2. The Kier molecular flexibility index (Phi) is 3.31. The van der Waals surface area contributed by atoms with Gasteiger partial charge in [0.1, 0.15) is 10.2 Å². The quantitative estimate of drug-likeness (QED) is 0.767. The molecule has 0 aromatic carbocycles. The molecule has 0 atom stereocenters. The van der Waals surface area contributed by atoms with Gasteiger partial charge in [-0.3, -0.25) is 4.68 Å². The maximum Gasteiger partial charge on any atom is 0.342 e. The Hall–Kier alpha value is -0.840. The molecule has 14 heavy (non-hydrogen) atoms. The monoisotopic (exact) mass is 260 g/mol. The zero-order valence-electron chi connectivity index (χ0n) is 8.67. The van der Waals surface area contributed by atoms with E-state index in [0.29, 0.717) is 10.2 Å². The second-order valence-corrected chi connectivity index (χ2v) is 4.03. The Bertz CT molecular complexity index is 358. The average Bonchev–Trinajstić information content (AvgIpc) is 2.41. The third-order valence-corrected chi connectivity index (χ3v) is 2.54. The van der Waals surface area contributed by atoms with E-state index >= 15 is 0 Å². The van der Waals surface area contributed by atoms with Crippen LogP contribution >= 0.6 is 15.9 Å². The van der Waals surface area contributed by atoms with Crippen molar-refractivity contribution in [2.24, 2.45) is 0 Å². The van der Waals surface area contributed by atoms with Crippen LogP contribution in [-0.2, 0) is 4.74 Å². The number of hydrogen-bond donors (Lipinski definition) is 0. The van der Waals surface area contributed by atoms with Gasteiger partial charge in [0.05, 0.1) is 12.8 Å². The molecule has 0 saturated carbocycles. The first-order valence-electron chi connectivity index (χ1n) is 4.32. The predicted molar refractivity (Wildman–Crippen MR) is 56.4 cm³/mol. The first-order valence-corrected chi connectivity index (χ1v) is 5.11. The van der Waals surface area contributed by atoms with Crippen molar-refractivity contribution in [1.29, 1.82) is 0 Å². The normalized spacial score (nSPS) is 10.7. The lowest BCUT2D eigenvalue weighted by Gasteiger charge is -2.07. The average molecular weight is 261 g/mol. The van der Waals surface area contributed by atoms with Crippen molar-refractivity contribution < 1.29 is 9.53 Å². The minimum Gasteiger partial charge on any atom is -0.465 e. The van der Waals surface area contributed by atoms with Crippen molar-refractivity contribution in [1.82, 2.24) is 9.78 Å². The molecule has 0 amide bonds. The van der Waals surface area contributed by atoms with Crippen LogP contribution in [0.3, 0.4) is 0 Å². The van der Waals surface area contributed by atoms with Gasteiger partial charge in [-0.15, -0.1) is 0 Å². The standard InChI is InChI=1S/C9H13BrN2O2/c1-5(2)12-6(3)7(8(10)11-12)9(13)14-4/h5H,1-4H3. The molecule has 5 heteroatoms. The summed E-state index contributed by atoms with van der Waals surface area (Å²) in [6.07, 6.45) is 0. The number of methoxy groups -OCH3 is 1. The summed E-state index contributed by atoms with van der Waals surface area (Å²) in [5.74, 6) is -0.360. The summed E-state index contributed by atoms with van der Waals surface area (Å²) in [7, 11) is 1.36. The zero-order valence-corrected chi connectivity index (χ0v) is 10.3. The smallest absolute Gasteiger partial charge is 0.342 e. The maximum atomic E-state index is 11.4. The fourth-order valence-electron chi connectivity index (χ4n) is 1.32. The molecule has 0 spiro atoms. The van der Waals surface area contributed by atoms with Crippen molar-refractivity contribution in [3.63, 3.8) is 0 Å². The lowest BCUT2D eigenvalue weighted by molar-refractivity contribution is 0.0598. The number of carbonyl (C=O) groups excluding carboxylic acids is 1. The highest BCUT2D eigenvalue weighted by atomic mass is 79.9. The van der Waals surface area contributed by atoms with Gasteiger partial charge in [0.2, 0.25) is 0 Å². The van der Waals surface area contributed by atoms with E-state index < -0.39 is 0 Å². The van der Waals surface area contributed by atoms with Crippen LogP contribution in [0.25, 0.3) is 0 Å². The minimum absolute atomic E-state index is 0.227. The van der Waals surface area contributed by atoms with Gasteiger partial charge < -0.3 is 4.74 Å². The summed E-state index contributed by atoms with van der Waals surface area (Å²) in [6, 6.07) is 0.227. The van der Waals surface area contributed by atoms with E-state index in [1.165, 1.54) is 7.11 Å². The molecule has 4 nitrogen and oxygen atoms in total. The van der Waals surface area contributed by atoms with Crippen LogP contribution in [0.4, 0.5) is 0 Å². The molecule has 0 aliphatic carbocycles. The number of halogens is 1. The summed E-state index contributed by atoms with van der Waals surface area (Å²) >= 11 is 3.24. The van der Waals surface area contributed by atoms with Crippen molar-refractivity contribution in [3.8, 4) is 0 Å². The molecule has 0 aliphatic rings. The number of esters is 1. The van der Waals surface area contributed by atoms with E-state index in [0.717, 1.165) is 5.69 Å². The third kappa shape index (κ3) is 1.82. The molecule has 0 radical (unpaired) electrons. The molecule has 0 N–H and O–H groups in total. The van der Waals surface area contributed by atoms with Crippen LogP contribution in [0.1, 0.15) is 35.9 Å². The molecule has 0 bridgehead atoms. The highest BCUT2D eigenvalue weighted by molar-refractivity contribution is 9.10. The van der Waals surface area contributed by atoms with Crippen LogP contribution in [0.15, 0.2) is 4.60 Å². The van der Waals surface area contributed by atoms with Gasteiger partial charge in [-0.25, -0.2) is 4.79 Å². The van der Waals surface area contributed by atoms with Gasteiger partial charge in [0.25, 0.3) is 0 Å². The maximum absolute atomic E-state index is 11.4. The first-order chi connectivity index (χ1) is 6.49. The van der Waals surface area contributed by atoms with Crippen molar-refractivity contribution in [3.05, 3.63) is 15.9 Å². The molecule has 0 aliphatic heterocycles. The summed E-state index contributed by atoms with van der Waals surface area (Å²) in [6.45, 7) is 5.87. The molecule has 1 aromatic rings. The van der Waals surface area contributed by atoms with Crippen molar-refractivity contribution in [2.75, 3.05) is 7.11 Å². The summed E-state index contributed by atoms with van der Waals surface area (Å²) in [5.41, 5.74) is 1.32. The largest absolute Gasteiger partial charge is 0.465 e. The highest BCUT2D eigenvalue weighted by Gasteiger charge is 2.20. The Labute approximate surface area is 91.4 Å². The molecular formula is C9H13BrN2O2. The Morgan fingerprint density at radius 3 is 2.50 bits per heavy atom. The van der Waals surface area contributed by atoms with Gasteiger partial charge in [0.15, 0.2) is 0 Å². The summed E-state index contributed by atoms with van der Waals surface area (Å²) < 4.78 is 6.99. The molecule has 1 rings (SSSR count). The van der Waals surface area contributed by atoms with E-state index in [2.05, 4.69) is 25.8 Å². The molecule has 78 valence electrons. The fourth-order valence-corrected chi connectivity index (χ4v) is 1.94. The Morgan fingerprint density at radius 2 is 2.14 bits per heavy atom.